The molecule has 0 radical (unpaired) electrons. The number of nitrogens with two attached hydrogens (primary N) is 2. The quantitative estimate of drug-likeness (QED) is 0.215. The molecule has 1 aliphatic rings. The highest BCUT2D eigenvalue weighted by atomic mass is 31.2. The fourth-order valence-corrected chi connectivity index (χ4v) is 4.07. The molecular weight excluding hydrogens is 475 g/mol. The normalized spacial score (nSPS) is 25.9. The number of hydrogen-bond acceptors (Lipinski definition) is 13. The predicted octanol–water partition coefficient (Wildman–Crippen LogP) is -0.997. The van der Waals surface area contributed by atoms with Crippen molar-refractivity contribution in [1.29, 1.82) is 0 Å². The van der Waals surface area contributed by atoms with Crippen LogP contribution in [0, 0.1) is 0 Å². The van der Waals surface area contributed by atoms with Crippen LogP contribution in [0.15, 0.2) is 6.33 Å². The van der Waals surface area contributed by atoms with E-state index < -0.39 is 56.2 Å². The van der Waals surface area contributed by atoms with Crippen LogP contribution in [-0.2, 0) is 34.6 Å². The lowest BCUT2D eigenvalue weighted by Gasteiger charge is -2.26. The second kappa shape index (κ2) is 9.79. The van der Waals surface area contributed by atoms with E-state index in [1.165, 1.54) is 10.9 Å². The number of aliphatic hydroxyl groups excluding tert-OH is 2. The minimum Gasteiger partial charge on any atom is -0.458 e. The number of anilines is 1. The van der Waals surface area contributed by atoms with Crippen LogP contribution in [0.2, 0.25) is 0 Å². The molecule has 0 aliphatic carbocycles. The zero-order valence-corrected chi connectivity index (χ0v) is 20.0. The highest BCUT2D eigenvalue weighted by Gasteiger charge is 2.47. The Hall–Kier alpha value is -2.23. The number of rotatable bonds is 8. The van der Waals surface area contributed by atoms with Crippen molar-refractivity contribution in [3.8, 4) is 0 Å². The summed E-state index contributed by atoms with van der Waals surface area (Å²) < 4.78 is 34.4. The minimum atomic E-state index is -4.58. The number of imidazole rings is 1. The Morgan fingerprint density at radius 3 is 2.59 bits per heavy atom. The van der Waals surface area contributed by atoms with Crippen molar-refractivity contribution < 1.29 is 43.2 Å². The lowest BCUT2D eigenvalue weighted by atomic mass is 10.1. The molecule has 0 saturated carbocycles. The number of nitrogens with zero attached hydrogens (tertiary/aromatic N) is 4. The SMILES string of the molecule is COP(=O)(O)C(OCC1OC(n2cnc3c(N)nc(CN)nc32)C(O)C1O)C(=O)OC(C)(C)C. The molecule has 0 aromatic carbocycles. The third kappa shape index (κ3) is 5.37. The van der Waals surface area contributed by atoms with Gasteiger partial charge in [-0.15, -0.1) is 0 Å². The summed E-state index contributed by atoms with van der Waals surface area (Å²) in [4.78, 5) is 34.9. The average molecular weight is 504 g/mol. The number of ether oxygens (including phenoxy) is 3. The van der Waals surface area contributed by atoms with Crippen molar-refractivity contribution in [1.82, 2.24) is 19.5 Å². The summed E-state index contributed by atoms with van der Waals surface area (Å²) in [6, 6.07) is 0. The predicted molar refractivity (Wildman–Crippen MR) is 116 cm³/mol. The van der Waals surface area contributed by atoms with Gasteiger partial charge in [0.2, 0.25) is 0 Å². The maximum atomic E-state index is 12.4. The van der Waals surface area contributed by atoms with Gasteiger partial charge in [-0.3, -0.25) is 9.13 Å². The van der Waals surface area contributed by atoms with Gasteiger partial charge in [-0.25, -0.2) is 19.7 Å². The molecule has 6 unspecified atom stereocenters. The van der Waals surface area contributed by atoms with E-state index >= 15 is 0 Å². The van der Waals surface area contributed by atoms with Gasteiger partial charge in [0, 0.05) is 7.11 Å². The van der Waals surface area contributed by atoms with E-state index in [-0.39, 0.29) is 29.4 Å². The van der Waals surface area contributed by atoms with Crippen molar-refractivity contribution in [3.63, 3.8) is 0 Å². The van der Waals surface area contributed by atoms with E-state index in [0.29, 0.717) is 0 Å². The van der Waals surface area contributed by atoms with E-state index in [1.807, 2.05) is 0 Å². The maximum Gasteiger partial charge on any atom is 0.367 e. The van der Waals surface area contributed by atoms with E-state index in [9.17, 15) is 24.5 Å². The van der Waals surface area contributed by atoms with E-state index in [0.717, 1.165) is 7.11 Å². The molecule has 34 heavy (non-hydrogen) atoms. The molecule has 1 saturated heterocycles. The molecule has 2 aromatic heterocycles. The summed E-state index contributed by atoms with van der Waals surface area (Å²) >= 11 is 0. The fourth-order valence-electron chi connectivity index (χ4n) is 3.29. The molecule has 6 atom stereocenters. The molecule has 1 fully saturated rings. The number of fused-ring (bicyclic) bond motifs is 1. The van der Waals surface area contributed by atoms with Gasteiger partial charge in [-0.2, -0.15) is 0 Å². The van der Waals surface area contributed by atoms with Crippen LogP contribution < -0.4 is 11.5 Å². The first kappa shape index (κ1) is 26.4. The number of aliphatic hydroxyl groups is 2. The van der Waals surface area contributed by atoms with Crippen molar-refractivity contribution in [3.05, 3.63) is 12.2 Å². The standard InChI is InChI=1S/C18H29N6O9P/c1-18(2,3)33-16(27)17(34(28,29)30-4)31-6-8-11(25)12(26)15(32-8)24-7-21-10-13(20)22-9(5-19)23-14(10)24/h7-8,11-12,15,17,25-26H,5-6,19H2,1-4H3,(H,28,29)(H2,20,22,23). The van der Waals surface area contributed by atoms with Crippen LogP contribution in [0.3, 0.4) is 0 Å². The molecule has 3 heterocycles. The van der Waals surface area contributed by atoms with Crippen molar-refractivity contribution in [2.75, 3.05) is 19.5 Å². The second-order valence-corrected chi connectivity index (χ2v) is 10.5. The Kier molecular flexibility index (Phi) is 7.60. The van der Waals surface area contributed by atoms with Crippen molar-refractivity contribution in [2.24, 2.45) is 5.73 Å². The smallest absolute Gasteiger partial charge is 0.367 e. The minimum absolute atomic E-state index is 0.00522. The zero-order chi connectivity index (χ0) is 25.4. The summed E-state index contributed by atoms with van der Waals surface area (Å²) in [5.41, 5.74) is 11.0. The lowest BCUT2D eigenvalue weighted by Crippen LogP contribution is -2.38. The third-order valence-electron chi connectivity index (χ3n) is 4.87. The van der Waals surface area contributed by atoms with Crippen LogP contribution in [0.5, 0.6) is 0 Å². The molecule has 0 bridgehead atoms. The van der Waals surface area contributed by atoms with Gasteiger partial charge in [-0.1, -0.05) is 0 Å². The fraction of sp³-hybridized carbons (Fsp3) is 0.667. The van der Waals surface area contributed by atoms with Gasteiger partial charge < -0.3 is 45.3 Å². The molecule has 190 valence electrons. The Morgan fingerprint density at radius 2 is 2.00 bits per heavy atom. The van der Waals surface area contributed by atoms with Gasteiger partial charge in [0.05, 0.1) is 19.5 Å². The van der Waals surface area contributed by atoms with Crippen molar-refractivity contribution in [2.45, 2.75) is 63.3 Å². The van der Waals surface area contributed by atoms with Gasteiger partial charge in [-0.05, 0) is 20.8 Å². The highest BCUT2D eigenvalue weighted by Crippen LogP contribution is 2.48. The number of aromatic nitrogens is 4. The van der Waals surface area contributed by atoms with Gasteiger partial charge in [0.1, 0.15) is 35.3 Å². The summed E-state index contributed by atoms with van der Waals surface area (Å²) in [6.07, 6.45) is -4.03. The van der Waals surface area contributed by atoms with Crippen LogP contribution >= 0.6 is 7.60 Å². The first-order valence-corrected chi connectivity index (χ1v) is 11.9. The molecule has 0 amide bonds. The summed E-state index contributed by atoms with van der Waals surface area (Å²) in [5.74, 6) is -2.82. The van der Waals surface area contributed by atoms with Crippen LogP contribution in [-0.4, -0.2) is 84.1 Å². The Morgan fingerprint density at radius 1 is 1.32 bits per heavy atom. The first-order valence-electron chi connectivity index (χ1n) is 10.2. The average Bonchev–Trinajstić information content (AvgIpc) is 3.28. The molecule has 15 nitrogen and oxygen atoms in total. The Balaban J connectivity index is 1.81. The number of carbonyl (C=O) groups excluding carboxylic acids is 1. The topological polar surface area (TPSA) is 227 Å². The number of hydrogen-bond donors (Lipinski definition) is 5. The largest absolute Gasteiger partial charge is 0.458 e. The molecular formula is C18H29N6O9P. The lowest BCUT2D eigenvalue weighted by molar-refractivity contribution is -0.166. The summed E-state index contributed by atoms with van der Waals surface area (Å²) in [5, 5.41) is 21.1. The first-order chi connectivity index (χ1) is 15.8. The van der Waals surface area contributed by atoms with Gasteiger partial charge in [0.25, 0.3) is 5.85 Å². The number of carbonyl (C=O) groups is 1. The van der Waals surface area contributed by atoms with E-state index in [1.54, 1.807) is 20.8 Å². The van der Waals surface area contributed by atoms with Gasteiger partial charge in [0.15, 0.2) is 17.7 Å². The number of esters is 1. The molecule has 7 N–H and O–H groups in total. The van der Waals surface area contributed by atoms with Crippen molar-refractivity contribution >= 4 is 30.5 Å². The van der Waals surface area contributed by atoms with Crippen LogP contribution in [0.25, 0.3) is 11.2 Å². The second-order valence-electron chi connectivity index (χ2n) is 8.57. The highest BCUT2D eigenvalue weighted by molar-refractivity contribution is 7.54. The van der Waals surface area contributed by atoms with E-state index in [4.69, 9.17) is 25.7 Å². The van der Waals surface area contributed by atoms with E-state index in [2.05, 4.69) is 19.5 Å². The molecule has 2 aromatic rings. The zero-order valence-electron chi connectivity index (χ0n) is 19.1. The number of nitrogen functional groups attached to an aromatic ring is 1. The molecule has 16 heteroatoms. The summed E-state index contributed by atoms with van der Waals surface area (Å²) in [7, 11) is -3.64. The Labute approximate surface area is 194 Å². The molecule has 0 spiro atoms. The van der Waals surface area contributed by atoms with Crippen LogP contribution in [0.1, 0.15) is 32.8 Å². The third-order valence-corrected chi connectivity index (χ3v) is 6.35. The molecule has 1 aliphatic heterocycles. The Bertz CT molecular complexity index is 1090. The van der Waals surface area contributed by atoms with Crippen LogP contribution in [0.4, 0.5) is 5.82 Å². The summed E-state index contributed by atoms with van der Waals surface area (Å²) in [6.45, 7) is 4.17. The maximum absolute atomic E-state index is 12.4. The van der Waals surface area contributed by atoms with Gasteiger partial charge >= 0.3 is 13.6 Å². The monoisotopic (exact) mass is 504 g/mol. The molecule has 3 rings (SSSR count).